The van der Waals surface area contributed by atoms with Crippen LogP contribution in [0.15, 0.2) is 0 Å². The summed E-state index contributed by atoms with van der Waals surface area (Å²) >= 11 is 0. The van der Waals surface area contributed by atoms with Crippen molar-refractivity contribution in [3.63, 3.8) is 0 Å². The van der Waals surface area contributed by atoms with Gasteiger partial charge < -0.3 is 0 Å². The molecule has 0 bridgehead atoms. The van der Waals surface area contributed by atoms with Crippen molar-refractivity contribution < 1.29 is 0 Å². The van der Waals surface area contributed by atoms with Crippen LogP contribution in [0.25, 0.3) is 0 Å². The van der Waals surface area contributed by atoms with Gasteiger partial charge in [-0.25, -0.2) is 0 Å². The fraction of sp³-hybridized carbons (Fsp3) is 1.00. The van der Waals surface area contributed by atoms with Crippen molar-refractivity contribution in [3.8, 4) is 0 Å². The zero-order valence-electron chi connectivity index (χ0n) is 9.61. The molecule has 1 aliphatic carbocycles. The van der Waals surface area contributed by atoms with Crippen LogP contribution in [-0.4, -0.2) is 0 Å². The van der Waals surface area contributed by atoms with Crippen molar-refractivity contribution in [1.82, 2.24) is 0 Å². The third-order valence-corrected chi connectivity index (χ3v) is 3.37. The van der Waals surface area contributed by atoms with E-state index in [0.717, 1.165) is 5.92 Å². The second-order valence-electron chi connectivity index (χ2n) is 4.18. The fourth-order valence-corrected chi connectivity index (χ4v) is 2.12. The van der Waals surface area contributed by atoms with E-state index in [0.29, 0.717) is 5.41 Å². The summed E-state index contributed by atoms with van der Waals surface area (Å²) in [7, 11) is 0. The second kappa shape index (κ2) is 5.61. The van der Waals surface area contributed by atoms with E-state index in [1.165, 1.54) is 32.1 Å². The Balaban J connectivity index is 0.000000561. The van der Waals surface area contributed by atoms with Crippen molar-refractivity contribution in [3.05, 3.63) is 0 Å². The molecule has 0 spiro atoms. The standard InChI is InChI=1S/C10H20.C2H6/c1-4-9-6-7-10(3,5-2)8-9;1-2/h9H,4-8H2,1-3H3;1-2H3. The maximum Gasteiger partial charge on any atom is -0.0326 e. The average Bonchev–Trinajstić information content (AvgIpc) is 2.52. The zero-order chi connectivity index (χ0) is 9.61. The lowest BCUT2D eigenvalue weighted by Crippen LogP contribution is -2.09. The molecule has 0 heteroatoms. The summed E-state index contributed by atoms with van der Waals surface area (Å²) < 4.78 is 0. The van der Waals surface area contributed by atoms with E-state index in [2.05, 4.69) is 20.8 Å². The highest BCUT2D eigenvalue weighted by Crippen LogP contribution is 2.44. The summed E-state index contributed by atoms with van der Waals surface area (Å²) in [4.78, 5) is 0. The molecule has 0 aromatic carbocycles. The van der Waals surface area contributed by atoms with Crippen LogP contribution in [0.5, 0.6) is 0 Å². The first-order valence-corrected chi connectivity index (χ1v) is 5.70. The molecule has 1 saturated carbocycles. The summed E-state index contributed by atoms with van der Waals surface area (Å²) in [6, 6.07) is 0. The summed E-state index contributed by atoms with van der Waals surface area (Å²) in [5.41, 5.74) is 0.709. The Bertz CT molecular complexity index is 107. The predicted octanol–water partition coefficient (Wildman–Crippen LogP) is 4.64. The van der Waals surface area contributed by atoms with Gasteiger partial charge in [-0.3, -0.25) is 0 Å². The largest absolute Gasteiger partial charge is 0.0683 e. The molecular formula is C12H26. The Labute approximate surface area is 78.8 Å². The van der Waals surface area contributed by atoms with Gasteiger partial charge in [-0.15, -0.1) is 0 Å². The molecule has 0 radical (unpaired) electrons. The third kappa shape index (κ3) is 3.16. The van der Waals surface area contributed by atoms with Crippen LogP contribution in [0.4, 0.5) is 0 Å². The minimum absolute atomic E-state index is 0.709. The molecular weight excluding hydrogens is 144 g/mol. The van der Waals surface area contributed by atoms with Gasteiger partial charge >= 0.3 is 0 Å². The van der Waals surface area contributed by atoms with E-state index in [9.17, 15) is 0 Å². The van der Waals surface area contributed by atoms with Gasteiger partial charge in [0, 0.05) is 0 Å². The molecule has 0 heterocycles. The van der Waals surface area contributed by atoms with E-state index < -0.39 is 0 Å². The molecule has 0 saturated heterocycles. The molecule has 0 aromatic heterocycles. The Morgan fingerprint density at radius 1 is 1.25 bits per heavy atom. The molecule has 1 fully saturated rings. The molecule has 0 aromatic rings. The van der Waals surface area contributed by atoms with E-state index in [4.69, 9.17) is 0 Å². The highest BCUT2D eigenvalue weighted by Gasteiger charge is 2.31. The van der Waals surface area contributed by atoms with Gasteiger partial charge in [-0.05, 0) is 30.6 Å². The summed E-state index contributed by atoms with van der Waals surface area (Å²) in [6.45, 7) is 11.1. The highest BCUT2D eigenvalue weighted by molar-refractivity contribution is 4.83. The van der Waals surface area contributed by atoms with Crippen LogP contribution in [0.1, 0.15) is 66.7 Å². The van der Waals surface area contributed by atoms with Gasteiger partial charge in [0.15, 0.2) is 0 Å². The first-order chi connectivity index (χ1) is 5.70. The van der Waals surface area contributed by atoms with Crippen LogP contribution >= 0.6 is 0 Å². The second-order valence-corrected chi connectivity index (χ2v) is 4.18. The van der Waals surface area contributed by atoms with Crippen molar-refractivity contribution in [1.29, 1.82) is 0 Å². The first-order valence-electron chi connectivity index (χ1n) is 5.70. The van der Waals surface area contributed by atoms with E-state index in [1.54, 1.807) is 0 Å². The molecule has 2 atom stereocenters. The molecule has 0 aliphatic heterocycles. The summed E-state index contributed by atoms with van der Waals surface area (Å²) in [5.74, 6) is 1.05. The Kier molecular flexibility index (Phi) is 5.61. The first kappa shape index (κ1) is 12.0. The molecule has 74 valence electrons. The Hall–Kier alpha value is 0. The molecule has 0 nitrogen and oxygen atoms in total. The Morgan fingerprint density at radius 2 is 1.83 bits per heavy atom. The predicted molar refractivity (Wildman–Crippen MR) is 57.4 cm³/mol. The molecule has 2 unspecified atom stereocenters. The highest BCUT2D eigenvalue weighted by atomic mass is 14.4. The van der Waals surface area contributed by atoms with Gasteiger partial charge in [0.2, 0.25) is 0 Å². The normalized spacial score (nSPS) is 34.2. The van der Waals surface area contributed by atoms with Crippen LogP contribution < -0.4 is 0 Å². The number of rotatable bonds is 2. The van der Waals surface area contributed by atoms with E-state index in [1.807, 2.05) is 13.8 Å². The maximum absolute atomic E-state index is 2.45. The topological polar surface area (TPSA) is 0 Å². The summed E-state index contributed by atoms with van der Waals surface area (Å²) in [6.07, 6.45) is 7.22. The van der Waals surface area contributed by atoms with Crippen LogP contribution in [0.3, 0.4) is 0 Å². The van der Waals surface area contributed by atoms with Crippen LogP contribution in [-0.2, 0) is 0 Å². The number of hydrogen-bond acceptors (Lipinski definition) is 0. The lowest BCUT2D eigenvalue weighted by atomic mass is 9.85. The monoisotopic (exact) mass is 170 g/mol. The smallest absolute Gasteiger partial charge is 0.0326 e. The van der Waals surface area contributed by atoms with Crippen LogP contribution in [0.2, 0.25) is 0 Å². The number of hydrogen-bond donors (Lipinski definition) is 0. The molecule has 12 heavy (non-hydrogen) atoms. The van der Waals surface area contributed by atoms with Gasteiger partial charge in [0.05, 0.1) is 0 Å². The molecule has 0 N–H and O–H groups in total. The lowest BCUT2D eigenvalue weighted by Gasteiger charge is -2.21. The average molecular weight is 170 g/mol. The maximum atomic E-state index is 2.45. The molecule has 1 aliphatic rings. The van der Waals surface area contributed by atoms with E-state index in [-0.39, 0.29) is 0 Å². The van der Waals surface area contributed by atoms with Crippen molar-refractivity contribution in [2.24, 2.45) is 11.3 Å². The quantitative estimate of drug-likeness (QED) is 0.566. The van der Waals surface area contributed by atoms with E-state index >= 15 is 0 Å². The SMILES string of the molecule is CC.CCC1CCC(C)(CC)C1. The minimum Gasteiger partial charge on any atom is -0.0683 e. The van der Waals surface area contributed by atoms with Gasteiger partial charge in [0.1, 0.15) is 0 Å². The molecule has 0 amide bonds. The van der Waals surface area contributed by atoms with Gasteiger partial charge in [-0.2, -0.15) is 0 Å². The molecule has 1 rings (SSSR count). The van der Waals surface area contributed by atoms with Crippen LogP contribution in [0, 0.1) is 11.3 Å². The van der Waals surface area contributed by atoms with Crippen molar-refractivity contribution in [2.45, 2.75) is 66.7 Å². The Morgan fingerprint density at radius 3 is 2.08 bits per heavy atom. The third-order valence-electron chi connectivity index (χ3n) is 3.37. The lowest BCUT2D eigenvalue weighted by molar-refractivity contribution is 0.306. The van der Waals surface area contributed by atoms with Gasteiger partial charge in [0.25, 0.3) is 0 Å². The fourth-order valence-electron chi connectivity index (χ4n) is 2.12. The summed E-state index contributed by atoms with van der Waals surface area (Å²) in [5, 5.41) is 0. The zero-order valence-corrected chi connectivity index (χ0v) is 9.61. The minimum atomic E-state index is 0.709. The van der Waals surface area contributed by atoms with Crippen molar-refractivity contribution in [2.75, 3.05) is 0 Å². The van der Waals surface area contributed by atoms with Gasteiger partial charge in [-0.1, -0.05) is 47.5 Å². The van der Waals surface area contributed by atoms with Crippen molar-refractivity contribution >= 4 is 0 Å².